The quantitative estimate of drug-likeness (QED) is 0.715. The number of nitriles is 1. The number of nitrogens with zero attached hydrogens (tertiary/aromatic N) is 2. The zero-order chi connectivity index (χ0) is 11.5. The molecule has 0 saturated carbocycles. The molecule has 1 heterocycles. The van der Waals surface area contributed by atoms with Crippen molar-refractivity contribution in [3.63, 3.8) is 0 Å². The Morgan fingerprint density at radius 3 is 2.60 bits per heavy atom. The second kappa shape index (κ2) is 4.84. The van der Waals surface area contributed by atoms with Gasteiger partial charge in [0.2, 0.25) is 0 Å². The van der Waals surface area contributed by atoms with Crippen molar-refractivity contribution >= 4 is 0 Å². The van der Waals surface area contributed by atoms with Gasteiger partial charge in [0, 0.05) is 12.6 Å². The molecule has 1 saturated heterocycles. The summed E-state index contributed by atoms with van der Waals surface area (Å²) >= 11 is 0. The number of alkyl halides is 3. The highest BCUT2D eigenvalue weighted by atomic mass is 19.4. The Morgan fingerprint density at radius 2 is 2.13 bits per heavy atom. The third-order valence-electron chi connectivity index (χ3n) is 2.91. The Kier molecular flexibility index (Phi) is 3.97. The maximum absolute atomic E-state index is 12.4. The van der Waals surface area contributed by atoms with Gasteiger partial charge in [-0.05, 0) is 26.3 Å². The summed E-state index contributed by atoms with van der Waals surface area (Å²) in [5.41, 5.74) is 0. The summed E-state index contributed by atoms with van der Waals surface area (Å²) in [5.74, 6) is -1.85. The Bertz CT molecular complexity index is 244. The highest BCUT2D eigenvalue weighted by molar-refractivity contribution is 4.92. The topological polar surface area (TPSA) is 27.0 Å². The molecule has 0 spiro atoms. The molecule has 2 unspecified atom stereocenters. The van der Waals surface area contributed by atoms with E-state index in [-0.39, 0.29) is 12.6 Å². The predicted molar refractivity (Wildman–Crippen MR) is 50.0 cm³/mol. The van der Waals surface area contributed by atoms with Crippen molar-refractivity contribution in [3.05, 3.63) is 0 Å². The molecule has 5 heteroatoms. The van der Waals surface area contributed by atoms with Crippen LogP contribution in [0.25, 0.3) is 0 Å². The molecule has 2 nitrogen and oxygen atoms in total. The number of rotatable bonds is 2. The van der Waals surface area contributed by atoms with Gasteiger partial charge in [0.05, 0.1) is 6.07 Å². The first-order valence-corrected chi connectivity index (χ1v) is 5.15. The molecule has 1 rings (SSSR count). The van der Waals surface area contributed by atoms with E-state index >= 15 is 0 Å². The lowest BCUT2D eigenvalue weighted by Crippen LogP contribution is -2.43. The van der Waals surface area contributed by atoms with E-state index in [4.69, 9.17) is 5.26 Å². The lowest BCUT2D eigenvalue weighted by Gasteiger charge is -2.34. The molecule has 1 aliphatic rings. The SMILES string of the molecule is CC1CCCCN1CC(C#N)C(F)(F)F. The second-order valence-corrected chi connectivity index (χ2v) is 4.06. The van der Waals surface area contributed by atoms with E-state index in [1.54, 1.807) is 4.90 Å². The maximum Gasteiger partial charge on any atom is 0.405 e. The van der Waals surface area contributed by atoms with Crippen LogP contribution < -0.4 is 0 Å². The number of hydrogen-bond acceptors (Lipinski definition) is 2. The van der Waals surface area contributed by atoms with Crippen LogP contribution in [0.4, 0.5) is 13.2 Å². The molecular weight excluding hydrogens is 205 g/mol. The summed E-state index contributed by atoms with van der Waals surface area (Å²) in [6.07, 6.45) is -1.47. The lowest BCUT2D eigenvalue weighted by molar-refractivity contribution is -0.164. The Morgan fingerprint density at radius 1 is 1.47 bits per heavy atom. The van der Waals surface area contributed by atoms with Crippen molar-refractivity contribution in [2.75, 3.05) is 13.1 Å². The molecule has 0 bridgehead atoms. The van der Waals surface area contributed by atoms with Gasteiger partial charge in [-0.25, -0.2) is 0 Å². The van der Waals surface area contributed by atoms with Gasteiger partial charge in [0.25, 0.3) is 0 Å². The zero-order valence-electron chi connectivity index (χ0n) is 8.72. The van der Waals surface area contributed by atoms with Crippen LogP contribution in [0, 0.1) is 17.2 Å². The molecule has 0 amide bonds. The van der Waals surface area contributed by atoms with Crippen LogP contribution in [0.3, 0.4) is 0 Å². The third kappa shape index (κ3) is 3.38. The van der Waals surface area contributed by atoms with Gasteiger partial charge < -0.3 is 0 Å². The molecule has 0 radical (unpaired) electrons. The minimum atomic E-state index is -4.40. The predicted octanol–water partition coefficient (Wildman–Crippen LogP) is 2.56. The van der Waals surface area contributed by atoms with Crippen LogP contribution in [0.15, 0.2) is 0 Å². The van der Waals surface area contributed by atoms with Crippen LogP contribution in [0.1, 0.15) is 26.2 Å². The van der Waals surface area contributed by atoms with E-state index in [1.807, 2.05) is 6.92 Å². The summed E-state index contributed by atoms with van der Waals surface area (Å²) in [4.78, 5) is 1.77. The summed E-state index contributed by atoms with van der Waals surface area (Å²) < 4.78 is 37.1. The normalized spacial score (nSPS) is 25.9. The summed E-state index contributed by atoms with van der Waals surface area (Å²) in [6.45, 7) is 2.42. The van der Waals surface area contributed by atoms with Crippen molar-refractivity contribution < 1.29 is 13.2 Å². The first-order valence-electron chi connectivity index (χ1n) is 5.15. The summed E-state index contributed by atoms with van der Waals surface area (Å²) in [5, 5.41) is 8.48. The van der Waals surface area contributed by atoms with E-state index in [9.17, 15) is 13.2 Å². The van der Waals surface area contributed by atoms with Crippen molar-refractivity contribution in [2.24, 2.45) is 5.92 Å². The van der Waals surface area contributed by atoms with Gasteiger partial charge in [-0.15, -0.1) is 0 Å². The van der Waals surface area contributed by atoms with Crippen LogP contribution in [0.2, 0.25) is 0 Å². The molecule has 0 aromatic carbocycles. The number of halogens is 3. The van der Waals surface area contributed by atoms with Crippen molar-refractivity contribution in [1.29, 1.82) is 5.26 Å². The molecule has 15 heavy (non-hydrogen) atoms. The average Bonchev–Trinajstić information content (AvgIpc) is 2.14. The van der Waals surface area contributed by atoms with Crippen LogP contribution in [-0.4, -0.2) is 30.2 Å². The Labute approximate surface area is 87.7 Å². The molecule has 2 atom stereocenters. The van der Waals surface area contributed by atoms with Gasteiger partial charge in [0.1, 0.15) is 0 Å². The number of likely N-dealkylation sites (tertiary alicyclic amines) is 1. The van der Waals surface area contributed by atoms with Crippen LogP contribution in [-0.2, 0) is 0 Å². The molecule has 86 valence electrons. The lowest BCUT2D eigenvalue weighted by atomic mass is 10.0. The molecule has 1 fully saturated rings. The Hall–Kier alpha value is -0.760. The monoisotopic (exact) mass is 220 g/mol. The fourth-order valence-corrected chi connectivity index (χ4v) is 1.88. The minimum Gasteiger partial charge on any atom is -0.299 e. The van der Waals surface area contributed by atoms with Crippen molar-refractivity contribution in [3.8, 4) is 6.07 Å². The van der Waals surface area contributed by atoms with Gasteiger partial charge in [-0.2, -0.15) is 18.4 Å². The first kappa shape index (κ1) is 12.3. The highest BCUT2D eigenvalue weighted by Crippen LogP contribution is 2.28. The van der Waals surface area contributed by atoms with E-state index in [1.165, 1.54) is 6.07 Å². The molecule has 1 aliphatic heterocycles. The third-order valence-corrected chi connectivity index (χ3v) is 2.91. The fourth-order valence-electron chi connectivity index (χ4n) is 1.88. The number of piperidine rings is 1. The largest absolute Gasteiger partial charge is 0.405 e. The molecular formula is C10H15F3N2. The molecule has 0 aromatic rings. The summed E-state index contributed by atoms with van der Waals surface area (Å²) in [6, 6.07) is 1.51. The molecule has 0 aliphatic carbocycles. The van der Waals surface area contributed by atoms with Gasteiger partial charge in [-0.3, -0.25) is 4.90 Å². The van der Waals surface area contributed by atoms with Crippen molar-refractivity contribution in [2.45, 2.75) is 38.4 Å². The standard InChI is InChI=1S/C10H15F3N2/c1-8-4-2-3-5-15(8)7-9(6-14)10(11,12)13/h8-9H,2-5,7H2,1H3. The number of hydrogen-bond donors (Lipinski definition) is 0. The van der Waals surface area contributed by atoms with E-state index in [0.717, 1.165) is 19.3 Å². The van der Waals surface area contributed by atoms with Crippen LogP contribution >= 0.6 is 0 Å². The maximum atomic E-state index is 12.4. The minimum absolute atomic E-state index is 0.164. The molecule has 0 N–H and O–H groups in total. The summed E-state index contributed by atoms with van der Waals surface area (Å²) in [7, 11) is 0. The van der Waals surface area contributed by atoms with Gasteiger partial charge in [0.15, 0.2) is 5.92 Å². The van der Waals surface area contributed by atoms with E-state index in [0.29, 0.717) is 6.54 Å². The Balaban J connectivity index is 2.55. The van der Waals surface area contributed by atoms with Gasteiger partial charge in [-0.1, -0.05) is 6.42 Å². The smallest absolute Gasteiger partial charge is 0.299 e. The fraction of sp³-hybridized carbons (Fsp3) is 0.900. The van der Waals surface area contributed by atoms with E-state index < -0.39 is 12.1 Å². The van der Waals surface area contributed by atoms with Crippen molar-refractivity contribution in [1.82, 2.24) is 4.90 Å². The zero-order valence-corrected chi connectivity index (χ0v) is 8.72. The first-order chi connectivity index (χ1) is 6.95. The second-order valence-electron chi connectivity index (χ2n) is 4.06. The molecule has 0 aromatic heterocycles. The average molecular weight is 220 g/mol. The van der Waals surface area contributed by atoms with E-state index in [2.05, 4.69) is 0 Å². The van der Waals surface area contributed by atoms with Gasteiger partial charge >= 0.3 is 6.18 Å². The van der Waals surface area contributed by atoms with Crippen LogP contribution in [0.5, 0.6) is 0 Å². The highest BCUT2D eigenvalue weighted by Gasteiger charge is 2.41.